The summed E-state index contributed by atoms with van der Waals surface area (Å²) in [7, 11) is 0. The fraction of sp³-hybridized carbons (Fsp3) is 0.0526. The van der Waals surface area contributed by atoms with Gasteiger partial charge >= 0.3 is 0 Å². The Bertz CT molecular complexity index is 1060. The third-order valence-corrected chi connectivity index (χ3v) is 4.24. The third-order valence-electron chi connectivity index (χ3n) is 3.99. The van der Waals surface area contributed by atoms with Crippen LogP contribution in [0.25, 0.3) is 22.2 Å². The van der Waals surface area contributed by atoms with Gasteiger partial charge in [0.15, 0.2) is 0 Å². The minimum Gasteiger partial charge on any atom is -0.461 e. The second kappa shape index (κ2) is 6.11. The Morgan fingerprint density at radius 1 is 1.16 bits per heavy atom. The molecular weight excluding hydrogens is 338 g/mol. The zero-order chi connectivity index (χ0) is 17.4. The first-order chi connectivity index (χ1) is 12.1. The molecule has 0 spiro atoms. The maximum absolute atomic E-state index is 12.6. The van der Waals surface area contributed by atoms with E-state index in [1.54, 1.807) is 31.3 Å². The number of carbonyl (C=O) groups is 1. The van der Waals surface area contributed by atoms with Crippen LogP contribution in [0.3, 0.4) is 0 Å². The van der Waals surface area contributed by atoms with Gasteiger partial charge in [0.25, 0.3) is 5.91 Å². The molecule has 25 heavy (non-hydrogen) atoms. The molecule has 0 aliphatic carbocycles. The number of amides is 1. The first kappa shape index (κ1) is 15.5. The van der Waals surface area contributed by atoms with Crippen LogP contribution in [0.4, 0.5) is 5.69 Å². The molecule has 0 aliphatic heterocycles. The van der Waals surface area contributed by atoms with Crippen LogP contribution in [0.2, 0.25) is 5.02 Å². The number of hydrogen-bond donors (Lipinski definition) is 2. The lowest BCUT2D eigenvalue weighted by atomic mass is 10.1. The van der Waals surface area contributed by atoms with Crippen LogP contribution in [0, 0.1) is 6.92 Å². The highest BCUT2D eigenvalue weighted by Crippen LogP contribution is 2.27. The van der Waals surface area contributed by atoms with Crippen molar-refractivity contribution in [3.63, 3.8) is 0 Å². The van der Waals surface area contributed by atoms with E-state index in [-0.39, 0.29) is 5.91 Å². The molecule has 1 amide bonds. The van der Waals surface area contributed by atoms with E-state index in [2.05, 4.69) is 15.5 Å². The summed E-state index contributed by atoms with van der Waals surface area (Å²) >= 11 is 5.91. The molecule has 0 atom stereocenters. The summed E-state index contributed by atoms with van der Waals surface area (Å²) in [5, 5.41) is 11.4. The first-order valence-corrected chi connectivity index (χ1v) is 8.09. The van der Waals surface area contributed by atoms with Gasteiger partial charge < -0.3 is 9.73 Å². The van der Waals surface area contributed by atoms with Crippen LogP contribution in [0.5, 0.6) is 0 Å². The van der Waals surface area contributed by atoms with E-state index < -0.39 is 0 Å². The summed E-state index contributed by atoms with van der Waals surface area (Å²) in [6.07, 6.45) is 1.74. The molecule has 0 aliphatic rings. The van der Waals surface area contributed by atoms with Crippen molar-refractivity contribution in [2.24, 2.45) is 0 Å². The van der Waals surface area contributed by atoms with Crippen molar-refractivity contribution in [2.75, 3.05) is 5.32 Å². The van der Waals surface area contributed by atoms with Gasteiger partial charge in [0.1, 0.15) is 11.5 Å². The molecule has 0 radical (unpaired) electrons. The van der Waals surface area contributed by atoms with Gasteiger partial charge in [-0.05, 0) is 55.5 Å². The van der Waals surface area contributed by atoms with Crippen molar-refractivity contribution in [1.29, 1.82) is 0 Å². The predicted molar refractivity (Wildman–Crippen MR) is 97.9 cm³/mol. The van der Waals surface area contributed by atoms with Crippen molar-refractivity contribution >= 4 is 34.1 Å². The number of aromatic nitrogens is 2. The molecule has 6 heteroatoms. The minimum absolute atomic E-state index is 0.222. The topological polar surface area (TPSA) is 70.9 Å². The molecule has 0 saturated carbocycles. The van der Waals surface area contributed by atoms with Gasteiger partial charge in [0.2, 0.25) is 0 Å². The maximum atomic E-state index is 12.6. The molecule has 2 N–H and O–H groups in total. The Morgan fingerprint density at radius 2 is 1.96 bits per heavy atom. The number of aryl methyl sites for hydroxylation is 1. The zero-order valence-corrected chi connectivity index (χ0v) is 14.1. The standard InChI is InChI=1S/C19H14ClN3O2/c1-11-16(9-18(25-11)12-2-5-14(20)6-3-12)19(24)22-15-7-4-13-10-21-23-17(13)8-15/h2-10H,1H3,(H,21,23)(H,22,24). The Kier molecular flexibility index (Phi) is 3.78. The average Bonchev–Trinajstić information content (AvgIpc) is 3.21. The smallest absolute Gasteiger partial charge is 0.259 e. The Labute approximate surface area is 148 Å². The van der Waals surface area contributed by atoms with Gasteiger partial charge in [-0.15, -0.1) is 0 Å². The van der Waals surface area contributed by atoms with E-state index in [0.29, 0.717) is 27.8 Å². The highest BCUT2D eigenvalue weighted by Gasteiger charge is 2.16. The highest BCUT2D eigenvalue weighted by molar-refractivity contribution is 6.30. The van der Waals surface area contributed by atoms with E-state index in [0.717, 1.165) is 16.5 Å². The Morgan fingerprint density at radius 3 is 2.76 bits per heavy atom. The fourth-order valence-corrected chi connectivity index (χ4v) is 2.80. The van der Waals surface area contributed by atoms with Crippen molar-refractivity contribution in [1.82, 2.24) is 10.2 Å². The van der Waals surface area contributed by atoms with E-state index in [9.17, 15) is 4.79 Å². The van der Waals surface area contributed by atoms with Crippen molar-refractivity contribution in [3.8, 4) is 11.3 Å². The SMILES string of the molecule is Cc1oc(-c2ccc(Cl)cc2)cc1C(=O)Nc1ccc2cn[nH]c2c1. The second-order valence-corrected chi connectivity index (χ2v) is 6.15. The number of benzene rings is 2. The largest absolute Gasteiger partial charge is 0.461 e. The normalized spacial score (nSPS) is 11.0. The third kappa shape index (κ3) is 3.02. The number of anilines is 1. The molecule has 2 aromatic heterocycles. The van der Waals surface area contributed by atoms with E-state index in [1.807, 2.05) is 30.3 Å². The van der Waals surface area contributed by atoms with Gasteiger partial charge in [-0.25, -0.2) is 0 Å². The quantitative estimate of drug-likeness (QED) is 0.543. The molecule has 4 rings (SSSR count). The molecule has 4 aromatic rings. The lowest BCUT2D eigenvalue weighted by molar-refractivity contribution is 0.102. The van der Waals surface area contributed by atoms with Crippen LogP contribution in [-0.4, -0.2) is 16.1 Å². The summed E-state index contributed by atoms with van der Waals surface area (Å²) in [5.41, 5.74) is 2.92. The number of furan rings is 1. The van der Waals surface area contributed by atoms with Crippen LogP contribution >= 0.6 is 11.6 Å². The number of nitrogens with one attached hydrogen (secondary N) is 2. The van der Waals surface area contributed by atoms with Gasteiger partial charge in [-0.2, -0.15) is 5.10 Å². The van der Waals surface area contributed by atoms with Crippen LogP contribution in [-0.2, 0) is 0 Å². The van der Waals surface area contributed by atoms with E-state index >= 15 is 0 Å². The number of fused-ring (bicyclic) bond motifs is 1. The number of halogens is 1. The lowest BCUT2D eigenvalue weighted by Crippen LogP contribution is -2.11. The average molecular weight is 352 g/mol. The lowest BCUT2D eigenvalue weighted by Gasteiger charge is -2.04. The zero-order valence-electron chi connectivity index (χ0n) is 13.3. The predicted octanol–water partition coefficient (Wildman–Crippen LogP) is 5.04. The summed E-state index contributed by atoms with van der Waals surface area (Å²) in [5.74, 6) is 0.966. The second-order valence-electron chi connectivity index (χ2n) is 5.71. The number of carbonyl (C=O) groups excluding carboxylic acids is 1. The molecule has 0 bridgehead atoms. The molecular formula is C19H14ClN3O2. The van der Waals surface area contributed by atoms with E-state index in [4.69, 9.17) is 16.0 Å². The van der Waals surface area contributed by atoms with Crippen LogP contribution in [0.15, 0.2) is 59.1 Å². The van der Waals surface area contributed by atoms with Gasteiger partial charge in [-0.3, -0.25) is 9.89 Å². The number of H-pyrrole nitrogens is 1. The van der Waals surface area contributed by atoms with Gasteiger partial charge in [0.05, 0.1) is 17.3 Å². The van der Waals surface area contributed by atoms with Crippen molar-refractivity contribution < 1.29 is 9.21 Å². The monoisotopic (exact) mass is 351 g/mol. The first-order valence-electron chi connectivity index (χ1n) is 7.71. The van der Waals surface area contributed by atoms with Crippen LogP contribution < -0.4 is 5.32 Å². The fourth-order valence-electron chi connectivity index (χ4n) is 2.68. The van der Waals surface area contributed by atoms with E-state index in [1.165, 1.54) is 0 Å². The summed E-state index contributed by atoms with van der Waals surface area (Å²) in [4.78, 5) is 12.6. The van der Waals surface area contributed by atoms with Gasteiger partial charge in [-0.1, -0.05) is 11.6 Å². The van der Waals surface area contributed by atoms with Crippen LogP contribution in [0.1, 0.15) is 16.1 Å². The van der Waals surface area contributed by atoms with Gasteiger partial charge in [0, 0.05) is 21.7 Å². The number of rotatable bonds is 3. The molecule has 5 nitrogen and oxygen atoms in total. The van der Waals surface area contributed by atoms with Crippen molar-refractivity contribution in [3.05, 3.63) is 71.1 Å². The summed E-state index contributed by atoms with van der Waals surface area (Å²) in [6, 6.07) is 14.6. The Balaban J connectivity index is 1.60. The highest BCUT2D eigenvalue weighted by atomic mass is 35.5. The molecule has 2 heterocycles. The minimum atomic E-state index is -0.222. The molecule has 0 unspecified atom stereocenters. The summed E-state index contributed by atoms with van der Waals surface area (Å²) < 4.78 is 5.74. The summed E-state index contributed by atoms with van der Waals surface area (Å²) in [6.45, 7) is 1.77. The molecule has 2 aromatic carbocycles. The molecule has 0 saturated heterocycles. The number of hydrogen-bond acceptors (Lipinski definition) is 3. The number of nitrogens with zero attached hydrogens (tertiary/aromatic N) is 1. The number of aromatic amines is 1. The Hall–Kier alpha value is -3.05. The molecule has 124 valence electrons. The molecule has 0 fully saturated rings. The maximum Gasteiger partial charge on any atom is 0.259 e. The van der Waals surface area contributed by atoms with Crippen molar-refractivity contribution in [2.45, 2.75) is 6.92 Å².